The Kier molecular flexibility index (Phi) is 4.61. The van der Waals surface area contributed by atoms with Gasteiger partial charge in [0.1, 0.15) is 6.17 Å². The third-order valence-corrected chi connectivity index (χ3v) is 1.95. The second-order valence-corrected chi connectivity index (χ2v) is 3.47. The number of amides is 1. The van der Waals surface area contributed by atoms with Crippen molar-refractivity contribution >= 4 is 6.09 Å². The predicted molar refractivity (Wildman–Crippen MR) is 55.4 cm³/mol. The topological polar surface area (TPSA) is 106 Å². The SMILES string of the molecule is CC1=CC(C)([N+](=O)[O-])C=CC1F.NC(=O)O. The molecule has 16 heavy (non-hydrogen) atoms. The highest BCUT2D eigenvalue weighted by atomic mass is 19.1. The van der Waals surface area contributed by atoms with Gasteiger partial charge in [-0.15, -0.1) is 0 Å². The van der Waals surface area contributed by atoms with Gasteiger partial charge in [0.25, 0.3) is 5.54 Å². The maximum Gasteiger partial charge on any atom is 0.402 e. The Hall–Kier alpha value is -1.92. The van der Waals surface area contributed by atoms with Crippen molar-refractivity contribution < 1.29 is 19.2 Å². The van der Waals surface area contributed by atoms with E-state index in [-0.39, 0.29) is 0 Å². The molecular formula is C9H13FN2O4. The Balaban J connectivity index is 0.000000487. The highest BCUT2D eigenvalue weighted by molar-refractivity contribution is 5.61. The van der Waals surface area contributed by atoms with Gasteiger partial charge in [-0.3, -0.25) is 10.1 Å². The molecule has 1 aliphatic rings. The summed E-state index contributed by atoms with van der Waals surface area (Å²) in [6.07, 6.45) is 1.35. The van der Waals surface area contributed by atoms with Crippen LogP contribution in [0.2, 0.25) is 0 Å². The maximum absolute atomic E-state index is 12.8. The van der Waals surface area contributed by atoms with E-state index in [0.29, 0.717) is 5.57 Å². The molecule has 0 aromatic heterocycles. The van der Waals surface area contributed by atoms with Gasteiger partial charge in [-0.2, -0.15) is 0 Å². The normalized spacial score (nSPS) is 27.4. The number of hydrogen-bond donors (Lipinski definition) is 2. The minimum Gasteiger partial charge on any atom is -0.465 e. The number of rotatable bonds is 1. The number of primary amides is 1. The number of carboxylic acid groups (broad SMARTS) is 1. The largest absolute Gasteiger partial charge is 0.465 e. The van der Waals surface area contributed by atoms with Crippen LogP contribution >= 0.6 is 0 Å². The Morgan fingerprint density at radius 1 is 1.75 bits per heavy atom. The summed E-state index contributed by atoms with van der Waals surface area (Å²) in [4.78, 5) is 18.9. The molecule has 2 unspecified atom stereocenters. The van der Waals surface area contributed by atoms with E-state index >= 15 is 0 Å². The van der Waals surface area contributed by atoms with Crippen molar-refractivity contribution in [2.24, 2.45) is 5.73 Å². The van der Waals surface area contributed by atoms with Gasteiger partial charge in [0.15, 0.2) is 0 Å². The molecule has 3 N–H and O–H groups in total. The van der Waals surface area contributed by atoms with E-state index < -0.39 is 22.7 Å². The highest BCUT2D eigenvalue weighted by Gasteiger charge is 2.34. The first kappa shape index (κ1) is 14.1. The number of nitro groups is 1. The lowest BCUT2D eigenvalue weighted by molar-refractivity contribution is -0.536. The minimum atomic E-state index is -1.33. The molecule has 6 nitrogen and oxygen atoms in total. The Labute approximate surface area is 91.4 Å². The fourth-order valence-corrected chi connectivity index (χ4v) is 1.13. The molecule has 0 saturated carbocycles. The summed E-state index contributed by atoms with van der Waals surface area (Å²) < 4.78 is 12.8. The number of carbonyl (C=O) groups is 1. The predicted octanol–water partition coefficient (Wildman–Crippen LogP) is 1.50. The van der Waals surface area contributed by atoms with Gasteiger partial charge in [0.05, 0.1) is 0 Å². The molecule has 0 aromatic carbocycles. The fraction of sp³-hybridized carbons (Fsp3) is 0.444. The van der Waals surface area contributed by atoms with Gasteiger partial charge in [-0.25, -0.2) is 9.18 Å². The number of hydrogen-bond acceptors (Lipinski definition) is 3. The molecule has 90 valence electrons. The summed E-state index contributed by atoms with van der Waals surface area (Å²) in [5.41, 5.74) is 3.20. The van der Waals surface area contributed by atoms with Crippen LogP contribution in [0.4, 0.5) is 9.18 Å². The number of halogens is 1. The van der Waals surface area contributed by atoms with Crippen molar-refractivity contribution in [3.05, 3.63) is 33.9 Å². The van der Waals surface area contributed by atoms with Gasteiger partial charge in [-0.05, 0) is 30.7 Å². The van der Waals surface area contributed by atoms with Crippen LogP contribution in [0.1, 0.15) is 13.8 Å². The van der Waals surface area contributed by atoms with Crippen LogP contribution < -0.4 is 5.73 Å². The van der Waals surface area contributed by atoms with Crippen molar-refractivity contribution in [1.29, 1.82) is 0 Å². The molecule has 0 bridgehead atoms. The lowest BCUT2D eigenvalue weighted by Gasteiger charge is -2.19. The summed E-state index contributed by atoms with van der Waals surface area (Å²) in [7, 11) is 0. The van der Waals surface area contributed by atoms with E-state index in [1.165, 1.54) is 25.2 Å². The van der Waals surface area contributed by atoms with E-state index in [0.717, 1.165) is 0 Å². The van der Waals surface area contributed by atoms with E-state index in [1.807, 2.05) is 0 Å². The van der Waals surface area contributed by atoms with Crippen molar-refractivity contribution in [2.75, 3.05) is 0 Å². The first-order chi connectivity index (χ1) is 7.19. The highest BCUT2D eigenvalue weighted by Crippen LogP contribution is 2.24. The summed E-state index contributed by atoms with van der Waals surface area (Å²) in [5, 5.41) is 17.7. The third-order valence-electron chi connectivity index (χ3n) is 1.95. The Morgan fingerprint density at radius 2 is 2.19 bits per heavy atom. The smallest absolute Gasteiger partial charge is 0.402 e. The van der Waals surface area contributed by atoms with Gasteiger partial charge in [-0.1, -0.05) is 0 Å². The molecule has 1 aliphatic carbocycles. The average Bonchev–Trinajstić information content (AvgIpc) is 2.11. The van der Waals surface area contributed by atoms with E-state index in [4.69, 9.17) is 9.90 Å². The van der Waals surface area contributed by atoms with Gasteiger partial charge in [0.2, 0.25) is 0 Å². The monoisotopic (exact) mass is 232 g/mol. The lowest BCUT2D eigenvalue weighted by Crippen LogP contribution is -2.33. The minimum absolute atomic E-state index is 0.400. The first-order valence-electron chi connectivity index (χ1n) is 4.34. The third kappa shape index (κ3) is 4.07. The number of allylic oxidation sites excluding steroid dienone is 2. The van der Waals surface area contributed by atoms with Gasteiger partial charge in [0, 0.05) is 11.8 Å². The van der Waals surface area contributed by atoms with Crippen molar-refractivity contribution in [1.82, 2.24) is 0 Å². The molecule has 7 heteroatoms. The van der Waals surface area contributed by atoms with Crippen molar-refractivity contribution in [3.8, 4) is 0 Å². The zero-order valence-corrected chi connectivity index (χ0v) is 8.88. The zero-order chi connectivity index (χ0) is 12.9. The van der Waals surface area contributed by atoms with Crippen LogP contribution in [-0.2, 0) is 0 Å². The summed E-state index contributed by atoms with van der Waals surface area (Å²) in [6, 6.07) is 0. The van der Waals surface area contributed by atoms with Crippen LogP contribution in [0.3, 0.4) is 0 Å². The molecule has 0 aliphatic heterocycles. The molecule has 0 spiro atoms. The Bertz CT molecular complexity index is 349. The molecular weight excluding hydrogens is 219 g/mol. The Morgan fingerprint density at radius 3 is 2.50 bits per heavy atom. The van der Waals surface area contributed by atoms with Crippen LogP contribution in [-0.4, -0.2) is 27.8 Å². The van der Waals surface area contributed by atoms with E-state index in [9.17, 15) is 14.5 Å². The second-order valence-electron chi connectivity index (χ2n) is 3.47. The van der Waals surface area contributed by atoms with Crippen LogP contribution in [0, 0.1) is 10.1 Å². The maximum atomic E-state index is 12.8. The van der Waals surface area contributed by atoms with E-state index in [1.54, 1.807) is 6.92 Å². The molecule has 0 saturated heterocycles. The standard InChI is InChI=1S/C8H10FNO2.CH3NO2/c1-6-5-8(2,10(11)12)4-3-7(6)9;2-1(3)4/h3-5,7H,1-2H3;2H2,(H,3,4). The summed E-state index contributed by atoms with van der Waals surface area (Å²) >= 11 is 0. The van der Waals surface area contributed by atoms with E-state index in [2.05, 4.69) is 5.73 Å². The van der Waals surface area contributed by atoms with Crippen molar-refractivity contribution in [3.63, 3.8) is 0 Å². The number of nitrogens with zero attached hydrogens (tertiary/aromatic N) is 1. The molecule has 0 aromatic rings. The summed E-state index contributed by atoms with van der Waals surface area (Å²) in [6.45, 7) is 2.99. The van der Waals surface area contributed by atoms with Crippen LogP contribution in [0.15, 0.2) is 23.8 Å². The summed E-state index contributed by atoms with van der Waals surface area (Å²) in [5.74, 6) is 0. The van der Waals surface area contributed by atoms with Gasteiger partial charge >= 0.3 is 6.09 Å². The second kappa shape index (κ2) is 5.24. The molecule has 2 atom stereocenters. The quantitative estimate of drug-likeness (QED) is 0.405. The molecule has 1 amide bonds. The molecule has 0 fully saturated rings. The number of alkyl halides is 1. The average molecular weight is 232 g/mol. The van der Waals surface area contributed by atoms with Crippen molar-refractivity contribution in [2.45, 2.75) is 25.6 Å². The van der Waals surface area contributed by atoms with Gasteiger partial charge < -0.3 is 10.8 Å². The fourth-order valence-electron chi connectivity index (χ4n) is 1.13. The van der Waals surface area contributed by atoms with Crippen LogP contribution in [0.25, 0.3) is 0 Å². The molecule has 0 radical (unpaired) electrons. The van der Waals surface area contributed by atoms with Crippen LogP contribution in [0.5, 0.6) is 0 Å². The number of nitrogens with two attached hydrogens (primary N) is 1. The molecule has 1 rings (SSSR count). The lowest BCUT2D eigenvalue weighted by atomic mass is 9.92. The zero-order valence-electron chi connectivity index (χ0n) is 8.88. The molecule has 0 heterocycles. The first-order valence-corrected chi connectivity index (χ1v) is 4.34.